The van der Waals surface area contributed by atoms with Crippen molar-refractivity contribution >= 4 is 17.3 Å². The molecule has 0 aromatic heterocycles. The van der Waals surface area contributed by atoms with E-state index in [1.54, 1.807) is 6.07 Å². The molecule has 1 fully saturated rings. The minimum atomic E-state index is -0.460. The second-order valence-electron chi connectivity index (χ2n) is 5.83. The summed E-state index contributed by atoms with van der Waals surface area (Å²) in [6, 6.07) is 5.58. The second kappa shape index (κ2) is 5.73. The molecule has 0 aliphatic carbocycles. The summed E-state index contributed by atoms with van der Waals surface area (Å²) in [5.74, 6) is -0.460. The number of carbonyl (C=O) groups excluding carboxylic acids is 1. The lowest BCUT2D eigenvalue weighted by atomic mass is 9.74. The maximum Gasteiger partial charge on any atom is 0.250 e. The normalized spacial score (nSPS) is 18.0. The summed E-state index contributed by atoms with van der Waals surface area (Å²) in [7, 11) is 0. The molecule has 2 rings (SSSR count). The van der Waals surface area contributed by atoms with Crippen LogP contribution < -0.4 is 16.4 Å². The van der Waals surface area contributed by atoms with Gasteiger partial charge in [0.05, 0.1) is 5.56 Å². The van der Waals surface area contributed by atoms with Gasteiger partial charge >= 0.3 is 0 Å². The molecule has 0 saturated carbocycles. The molecule has 1 aromatic carbocycles. The molecule has 0 bridgehead atoms. The maximum absolute atomic E-state index is 11.4. The van der Waals surface area contributed by atoms with E-state index in [2.05, 4.69) is 18.7 Å². The van der Waals surface area contributed by atoms with E-state index in [0.29, 0.717) is 16.7 Å². The molecule has 1 aliphatic heterocycles. The molecule has 4 heteroatoms. The fourth-order valence-electron chi connectivity index (χ4n) is 3.15. The number of hydrogen-bond acceptors (Lipinski definition) is 3. The van der Waals surface area contributed by atoms with Crippen LogP contribution >= 0.6 is 0 Å². The van der Waals surface area contributed by atoms with E-state index in [9.17, 15) is 4.79 Å². The van der Waals surface area contributed by atoms with Crippen LogP contribution in [0.15, 0.2) is 18.2 Å². The molecule has 1 heterocycles. The Morgan fingerprint density at radius 1 is 1.25 bits per heavy atom. The van der Waals surface area contributed by atoms with Crippen molar-refractivity contribution in [2.75, 3.05) is 23.7 Å². The Balaban J connectivity index is 2.15. The number of piperidine rings is 1. The molecule has 1 amide bonds. The van der Waals surface area contributed by atoms with E-state index in [0.717, 1.165) is 18.8 Å². The van der Waals surface area contributed by atoms with Gasteiger partial charge in [-0.25, -0.2) is 0 Å². The van der Waals surface area contributed by atoms with Gasteiger partial charge in [-0.3, -0.25) is 4.79 Å². The Kier molecular flexibility index (Phi) is 4.21. The summed E-state index contributed by atoms with van der Waals surface area (Å²) in [5, 5.41) is 0. The van der Waals surface area contributed by atoms with Gasteiger partial charge in [-0.2, -0.15) is 0 Å². The first-order chi connectivity index (χ1) is 9.51. The molecule has 110 valence electrons. The summed E-state index contributed by atoms with van der Waals surface area (Å²) < 4.78 is 0. The minimum absolute atomic E-state index is 0.422. The third kappa shape index (κ3) is 2.74. The van der Waals surface area contributed by atoms with Gasteiger partial charge in [0, 0.05) is 24.5 Å². The summed E-state index contributed by atoms with van der Waals surface area (Å²) in [4.78, 5) is 13.7. The second-order valence-corrected chi connectivity index (χ2v) is 5.83. The predicted molar refractivity (Wildman–Crippen MR) is 83.8 cm³/mol. The van der Waals surface area contributed by atoms with Crippen LogP contribution in [-0.2, 0) is 0 Å². The number of amides is 1. The van der Waals surface area contributed by atoms with Gasteiger partial charge in [0.15, 0.2) is 0 Å². The van der Waals surface area contributed by atoms with Crippen molar-refractivity contribution < 1.29 is 4.79 Å². The number of nitrogen functional groups attached to an aromatic ring is 1. The Hall–Kier alpha value is -1.71. The van der Waals surface area contributed by atoms with Crippen LogP contribution in [0.3, 0.4) is 0 Å². The van der Waals surface area contributed by atoms with E-state index in [4.69, 9.17) is 11.5 Å². The molecule has 1 saturated heterocycles. The van der Waals surface area contributed by atoms with Crippen molar-refractivity contribution in [3.05, 3.63) is 23.8 Å². The highest BCUT2D eigenvalue weighted by Gasteiger charge is 2.31. The zero-order valence-electron chi connectivity index (χ0n) is 12.5. The Labute approximate surface area is 121 Å². The quantitative estimate of drug-likeness (QED) is 0.830. The van der Waals surface area contributed by atoms with E-state index in [-0.39, 0.29) is 0 Å². The molecule has 1 aliphatic rings. The summed E-state index contributed by atoms with van der Waals surface area (Å²) >= 11 is 0. The van der Waals surface area contributed by atoms with Crippen LogP contribution in [0.5, 0.6) is 0 Å². The highest BCUT2D eigenvalue weighted by atomic mass is 16.1. The lowest BCUT2D eigenvalue weighted by Crippen LogP contribution is -2.39. The lowest BCUT2D eigenvalue weighted by molar-refractivity contribution is 0.100. The van der Waals surface area contributed by atoms with Crippen molar-refractivity contribution in [3.63, 3.8) is 0 Å². The summed E-state index contributed by atoms with van der Waals surface area (Å²) in [6.45, 7) is 6.63. The first-order valence-corrected chi connectivity index (χ1v) is 7.45. The van der Waals surface area contributed by atoms with Crippen molar-refractivity contribution in [3.8, 4) is 0 Å². The molecule has 0 unspecified atom stereocenters. The van der Waals surface area contributed by atoms with Crippen LogP contribution in [0.4, 0.5) is 11.4 Å². The summed E-state index contributed by atoms with van der Waals surface area (Å²) in [6.07, 6.45) is 4.89. The minimum Gasteiger partial charge on any atom is -0.398 e. The molecule has 0 atom stereocenters. The van der Waals surface area contributed by atoms with Crippen LogP contribution in [0.1, 0.15) is 49.9 Å². The van der Waals surface area contributed by atoms with Crippen LogP contribution in [0.25, 0.3) is 0 Å². The van der Waals surface area contributed by atoms with Crippen molar-refractivity contribution in [1.29, 1.82) is 0 Å². The van der Waals surface area contributed by atoms with Gasteiger partial charge in [-0.05, 0) is 36.5 Å². The monoisotopic (exact) mass is 275 g/mol. The smallest absolute Gasteiger partial charge is 0.250 e. The van der Waals surface area contributed by atoms with E-state index < -0.39 is 5.91 Å². The highest BCUT2D eigenvalue weighted by Crippen LogP contribution is 2.39. The fourth-order valence-corrected chi connectivity index (χ4v) is 3.15. The van der Waals surface area contributed by atoms with E-state index in [1.807, 2.05) is 12.1 Å². The standard InChI is InChI=1S/C16H25N3O/c1-3-16(4-2)7-9-19(10-8-16)12-5-6-14(17)13(11-12)15(18)20/h5-6,11H,3-4,7-10,17H2,1-2H3,(H2,18,20). The Morgan fingerprint density at radius 2 is 1.85 bits per heavy atom. The number of rotatable bonds is 4. The molecule has 1 aromatic rings. The average Bonchev–Trinajstić information content (AvgIpc) is 2.47. The van der Waals surface area contributed by atoms with E-state index in [1.165, 1.54) is 25.7 Å². The van der Waals surface area contributed by atoms with Crippen molar-refractivity contribution in [2.24, 2.45) is 11.1 Å². The molecule has 4 nitrogen and oxygen atoms in total. The van der Waals surface area contributed by atoms with Crippen LogP contribution in [0.2, 0.25) is 0 Å². The number of carbonyl (C=O) groups is 1. The zero-order valence-corrected chi connectivity index (χ0v) is 12.5. The zero-order chi connectivity index (χ0) is 14.8. The molecule has 20 heavy (non-hydrogen) atoms. The average molecular weight is 275 g/mol. The highest BCUT2D eigenvalue weighted by molar-refractivity contribution is 5.99. The largest absolute Gasteiger partial charge is 0.398 e. The van der Waals surface area contributed by atoms with Gasteiger partial charge in [0.25, 0.3) is 5.91 Å². The first kappa shape index (κ1) is 14.7. The third-order valence-electron chi connectivity index (χ3n) is 4.99. The Bertz CT molecular complexity index is 484. The predicted octanol–water partition coefficient (Wildman–Crippen LogP) is 2.77. The SMILES string of the molecule is CCC1(CC)CCN(c2ccc(N)c(C(N)=O)c2)CC1. The number of anilines is 2. The maximum atomic E-state index is 11.4. The molecule has 0 spiro atoms. The molecule has 4 N–H and O–H groups in total. The first-order valence-electron chi connectivity index (χ1n) is 7.45. The number of nitrogens with two attached hydrogens (primary N) is 2. The van der Waals surface area contributed by atoms with Gasteiger partial charge in [-0.15, -0.1) is 0 Å². The van der Waals surface area contributed by atoms with Crippen molar-refractivity contribution in [1.82, 2.24) is 0 Å². The number of primary amides is 1. The third-order valence-corrected chi connectivity index (χ3v) is 4.99. The Morgan fingerprint density at radius 3 is 2.35 bits per heavy atom. The van der Waals surface area contributed by atoms with Crippen LogP contribution in [-0.4, -0.2) is 19.0 Å². The van der Waals surface area contributed by atoms with E-state index >= 15 is 0 Å². The summed E-state index contributed by atoms with van der Waals surface area (Å²) in [5.41, 5.74) is 13.6. The van der Waals surface area contributed by atoms with Gasteiger partial charge < -0.3 is 16.4 Å². The lowest BCUT2D eigenvalue weighted by Gasteiger charge is -2.42. The number of nitrogens with zero attached hydrogens (tertiary/aromatic N) is 1. The topological polar surface area (TPSA) is 72.3 Å². The van der Waals surface area contributed by atoms with Gasteiger partial charge in [-0.1, -0.05) is 26.7 Å². The van der Waals surface area contributed by atoms with Crippen LogP contribution in [0, 0.1) is 5.41 Å². The number of hydrogen-bond donors (Lipinski definition) is 2. The number of benzene rings is 1. The molecular formula is C16H25N3O. The fraction of sp³-hybridized carbons (Fsp3) is 0.562. The van der Waals surface area contributed by atoms with Crippen molar-refractivity contribution in [2.45, 2.75) is 39.5 Å². The molecule has 0 radical (unpaired) electrons. The van der Waals surface area contributed by atoms with Gasteiger partial charge in [0.1, 0.15) is 0 Å². The van der Waals surface area contributed by atoms with Gasteiger partial charge in [0.2, 0.25) is 0 Å². The molecular weight excluding hydrogens is 250 g/mol.